The Labute approximate surface area is 119 Å². The molecule has 96 valence electrons. The molecule has 0 unspecified atom stereocenters. The van der Waals surface area contributed by atoms with Gasteiger partial charge in [0.15, 0.2) is 0 Å². The molecular weight excluding hydrogens is 302 g/mol. The molecule has 0 bridgehead atoms. The van der Waals surface area contributed by atoms with Gasteiger partial charge >= 0.3 is 0 Å². The Hall–Kier alpha value is -1.81. The largest absolute Gasteiger partial charge is 0.313 e. The first-order valence-electron chi connectivity index (χ1n) is 6.10. The van der Waals surface area contributed by atoms with Crippen LogP contribution in [0.5, 0.6) is 0 Å². The van der Waals surface area contributed by atoms with E-state index in [0.717, 1.165) is 15.5 Å². The minimum Gasteiger partial charge on any atom is -0.313 e. The predicted molar refractivity (Wildman–Crippen MR) is 80.0 cm³/mol. The number of halogens is 1. The molecule has 0 atom stereocenters. The van der Waals surface area contributed by atoms with Crippen molar-refractivity contribution < 1.29 is 0 Å². The lowest BCUT2D eigenvalue weighted by Crippen LogP contribution is -2.22. The van der Waals surface area contributed by atoms with E-state index >= 15 is 0 Å². The second kappa shape index (κ2) is 4.70. The van der Waals surface area contributed by atoms with E-state index in [4.69, 9.17) is 5.41 Å². The van der Waals surface area contributed by atoms with Gasteiger partial charge in [0.2, 0.25) is 5.62 Å². The molecule has 3 aromatic rings. The highest BCUT2D eigenvalue weighted by Gasteiger charge is 2.07. The molecule has 0 amide bonds. The van der Waals surface area contributed by atoms with Crippen LogP contribution in [0.2, 0.25) is 0 Å². The van der Waals surface area contributed by atoms with Crippen LogP contribution < -0.4 is 5.62 Å². The van der Waals surface area contributed by atoms with E-state index in [-0.39, 0.29) is 0 Å². The molecule has 0 saturated carbocycles. The first-order valence-corrected chi connectivity index (χ1v) is 6.89. The maximum absolute atomic E-state index is 8.23. The summed E-state index contributed by atoms with van der Waals surface area (Å²) in [6.45, 7) is 0.716. The molecule has 2 aromatic carbocycles. The third-order valence-electron chi connectivity index (χ3n) is 3.36. The number of aromatic nitrogens is 2. The van der Waals surface area contributed by atoms with Crippen LogP contribution in [-0.2, 0) is 13.6 Å². The number of fused-ring (bicyclic) bond motifs is 1. The highest BCUT2D eigenvalue weighted by Crippen LogP contribution is 2.15. The molecule has 3 nitrogen and oxygen atoms in total. The van der Waals surface area contributed by atoms with Crippen LogP contribution in [0.4, 0.5) is 0 Å². The van der Waals surface area contributed by atoms with Gasteiger partial charge in [-0.2, -0.15) is 0 Å². The molecule has 0 fully saturated rings. The zero-order chi connectivity index (χ0) is 13.4. The summed E-state index contributed by atoms with van der Waals surface area (Å²) in [6, 6.07) is 16.4. The number of hydrogen-bond donors (Lipinski definition) is 1. The van der Waals surface area contributed by atoms with E-state index in [0.29, 0.717) is 12.2 Å². The second-order valence-corrected chi connectivity index (χ2v) is 5.50. The maximum Gasteiger partial charge on any atom is 0.203 e. The first kappa shape index (κ1) is 12.2. The highest BCUT2D eigenvalue weighted by atomic mass is 79.9. The Balaban J connectivity index is 2.13. The zero-order valence-electron chi connectivity index (χ0n) is 10.6. The van der Waals surface area contributed by atoms with Crippen molar-refractivity contribution in [1.82, 2.24) is 9.13 Å². The van der Waals surface area contributed by atoms with E-state index in [9.17, 15) is 0 Å². The number of hydrogen-bond acceptors (Lipinski definition) is 1. The molecule has 4 heteroatoms. The van der Waals surface area contributed by atoms with E-state index < -0.39 is 0 Å². The molecule has 1 aromatic heterocycles. The van der Waals surface area contributed by atoms with Gasteiger partial charge in [-0.1, -0.05) is 40.2 Å². The Kier molecular flexibility index (Phi) is 3.03. The molecule has 0 aliphatic rings. The zero-order valence-corrected chi connectivity index (χ0v) is 12.2. The summed E-state index contributed by atoms with van der Waals surface area (Å²) in [6.07, 6.45) is 0. The minimum absolute atomic E-state index is 0.518. The predicted octanol–water partition coefficient (Wildman–Crippen LogP) is 3.27. The molecule has 0 aliphatic heterocycles. The van der Waals surface area contributed by atoms with Crippen LogP contribution in [0.25, 0.3) is 11.0 Å². The van der Waals surface area contributed by atoms with Crippen LogP contribution in [0, 0.1) is 5.41 Å². The standard InChI is InChI=1S/C15H14BrN3/c1-18-13-4-2-3-5-14(13)19(15(18)17)10-11-6-8-12(16)9-7-11/h2-9,17H,10H2,1H3. The average molecular weight is 316 g/mol. The normalized spacial score (nSPS) is 11.1. The number of rotatable bonds is 2. The summed E-state index contributed by atoms with van der Waals surface area (Å²) in [5.41, 5.74) is 3.89. The second-order valence-electron chi connectivity index (χ2n) is 4.58. The lowest BCUT2D eigenvalue weighted by Gasteiger charge is -2.05. The van der Waals surface area contributed by atoms with Crippen molar-refractivity contribution in [3.8, 4) is 0 Å². The maximum atomic E-state index is 8.23. The molecule has 0 spiro atoms. The lowest BCUT2D eigenvalue weighted by molar-refractivity contribution is 0.695. The molecular formula is C15H14BrN3. The van der Waals surface area contributed by atoms with Crippen molar-refractivity contribution in [2.75, 3.05) is 0 Å². The van der Waals surface area contributed by atoms with Crippen LogP contribution in [0.15, 0.2) is 53.0 Å². The average Bonchev–Trinajstić information content (AvgIpc) is 2.67. The van der Waals surface area contributed by atoms with Gasteiger partial charge in [0, 0.05) is 11.5 Å². The fourth-order valence-corrected chi connectivity index (χ4v) is 2.58. The summed E-state index contributed by atoms with van der Waals surface area (Å²) in [5.74, 6) is 0. The molecule has 0 saturated heterocycles. The number of imidazole rings is 1. The SMILES string of the molecule is Cn1c(=N)n(Cc2ccc(Br)cc2)c2ccccc21. The quantitative estimate of drug-likeness (QED) is 0.753. The number of nitrogens with zero attached hydrogens (tertiary/aromatic N) is 2. The number of aryl methyl sites for hydroxylation is 1. The number of nitrogens with one attached hydrogen (secondary N) is 1. The topological polar surface area (TPSA) is 33.7 Å². The number of benzene rings is 2. The number of para-hydroxylation sites is 2. The van der Waals surface area contributed by atoms with Crippen molar-refractivity contribution in [2.45, 2.75) is 6.54 Å². The van der Waals surface area contributed by atoms with Crippen LogP contribution in [0.3, 0.4) is 0 Å². The van der Waals surface area contributed by atoms with Crippen molar-refractivity contribution in [3.05, 3.63) is 64.2 Å². The summed E-state index contributed by atoms with van der Waals surface area (Å²) >= 11 is 3.44. The molecule has 1 heterocycles. The smallest absolute Gasteiger partial charge is 0.203 e. The summed E-state index contributed by atoms with van der Waals surface area (Å²) < 4.78 is 5.01. The fourth-order valence-electron chi connectivity index (χ4n) is 2.32. The Bertz CT molecular complexity index is 781. The van der Waals surface area contributed by atoms with Gasteiger partial charge in [-0.25, -0.2) is 0 Å². The molecule has 1 N–H and O–H groups in total. The third-order valence-corrected chi connectivity index (χ3v) is 3.89. The first-order chi connectivity index (χ1) is 9.16. The van der Waals surface area contributed by atoms with Gasteiger partial charge in [0.25, 0.3) is 0 Å². The monoisotopic (exact) mass is 315 g/mol. The van der Waals surface area contributed by atoms with Crippen molar-refractivity contribution in [2.24, 2.45) is 7.05 Å². The minimum atomic E-state index is 0.518. The summed E-state index contributed by atoms with van der Waals surface area (Å²) in [7, 11) is 1.93. The molecule has 0 aliphatic carbocycles. The van der Waals surface area contributed by atoms with Crippen LogP contribution >= 0.6 is 15.9 Å². The summed E-state index contributed by atoms with van der Waals surface area (Å²) in [5, 5.41) is 8.23. The molecule has 19 heavy (non-hydrogen) atoms. The van der Waals surface area contributed by atoms with Crippen LogP contribution in [-0.4, -0.2) is 9.13 Å². The lowest BCUT2D eigenvalue weighted by atomic mass is 10.2. The van der Waals surface area contributed by atoms with E-state index in [1.54, 1.807) is 0 Å². The van der Waals surface area contributed by atoms with Crippen molar-refractivity contribution in [1.29, 1.82) is 5.41 Å². The highest BCUT2D eigenvalue weighted by molar-refractivity contribution is 9.10. The van der Waals surface area contributed by atoms with Gasteiger partial charge in [0.1, 0.15) is 0 Å². The van der Waals surface area contributed by atoms with Gasteiger partial charge in [-0.05, 0) is 29.8 Å². The Morgan fingerprint density at radius 1 is 1.00 bits per heavy atom. The van der Waals surface area contributed by atoms with E-state index in [1.165, 1.54) is 5.56 Å². The van der Waals surface area contributed by atoms with Crippen LogP contribution in [0.1, 0.15) is 5.56 Å². The van der Waals surface area contributed by atoms with E-state index in [2.05, 4.69) is 34.1 Å². The van der Waals surface area contributed by atoms with E-state index in [1.807, 2.05) is 46.5 Å². The fraction of sp³-hybridized carbons (Fsp3) is 0.133. The van der Waals surface area contributed by atoms with Gasteiger partial charge in [-0.15, -0.1) is 0 Å². The molecule has 3 rings (SSSR count). The van der Waals surface area contributed by atoms with Gasteiger partial charge in [0.05, 0.1) is 17.6 Å². The Morgan fingerprint density at radius 2 is 1.63 bits per heavy atom. The third kappa shape index (κ3) is 2.12. The van der Waals surface area contributed by atoms with Crippen molar-refractivity contribution >= 4 is 27.0 Å². The Morgan fingerprint density at radius 3 is 2.32 bits per heavy atom. The van der Waals surface area contributed by atoms with Crippen molar-refractivity contribution in [3.63, 3.8) is 0 Å². The van der Waals surface area contributed by atoms with Gasteiger partial charge < -0.3 is 9.13 Å². The molecule has 0 radical (unpaired) electrons. The summed E-state index contributed by atoms with van der Waals surface area (Å²) in [4.78, 5) is 0. The van der Waals surface area contributed by atoms with Gasteiger partial charge in [-0.3, -0.25) is 5.41 Å².